The van der Waals surface area contributed by atoms with Crippen LogP contribution in [0, 0.1) is 0 Å². The van der Waals surface area contributed by atoms with Gasteiger partial charge < -0.3 is 4.74 Å². The first-order valence-corrected chi connectivity index (χ1v) is 6.79. The summed E-state index contributed by atoms with van der Waals surface area (Å²) in [6.07, 6.45) is 1.98. The lowest BCUT2D eigenvalue weighted by atomic mass is 10.2. The third-order valence-electron chi connectivity index (χ3n) is 3.27. The van der Waals surface area contributed by atoms with Crippen LogP contribution in [0.15, 0.2) is 30.5 Å². The van der Waals surface area contributed by atoms with Gasteiger partial charge >= 0.3 is 5.97 Å². The van der Waals surface area contributed by atoms with Gasteiger partial charge in [-0.25, -0.2) is 14.8 Å². The van der Waals surface area contributed by atoms with Crippen molar-refractivity contribution in [3.63, 3.8) is 0 Å². The van der Waals surface area contributed by atoms with Crippen LogP contribution < -0.4 is 0 Å². The lowest BCUT2D eigenvalue weighted by Crippen LogP contribution is -2.45. The second kappa shape index (κ2) is 6.38. The highest BCUT2D eigenvalue weighted by molar-refractivity contribution is 5.98. The molecule has 0 saturated carbocycles. The number of rotatable bonds is 3. The molecule has 0 unspecified atom stereocenters. The zero-order valence-electron chi connectivity index (χ0n) is 12.5. The number of carbonyl (C=O) groups is 3. The first kappa shape index (κ1) is 15.7. The van der Waals surface area contributed by atoms with Crippen LogP contribution in [0.2, 0.25) is 0 Å². The van der Waals surface area contributed by atoms with Crippen molar-refractivity contribution in [1.82, 2.24) is 15.0 Å². The molecule has 2 heterocycles. The summed E-state index contributed by atoms with van der Waals surface area (Å²) in [5.74, 6) is -1.19. The van der Waals surface area contributed by atoms with Crippen LogP contribution in [0.5, 0.6) is 0 Å². The van der Waals surface area contributed by atoms with Crippen LogP contribution in [0.4, 0.5) is 0 Å². The third-order valence-corrected chi connectivity index (χ3v) is 3.27. The number of hydrazine groups is 1. The highest BCUT2D eigenvalue weighted by Gasteiger charge is 2.32. The van der Waals surface area contributed by atoms with Gasteiger partial charge in [-0.15, -0.1) is 0 Å². The molecule has 116 valence electrons. The molecule has 1 aliphatic heterocycles. The Morgan fingerprint density at radius 2 is 1.91 bits per heavy atom. The van der Waals surface area contributed by atoms with Gasteiger partial charge in [0, 0.05) is 24.9 Å². The van der Waals surface area contributed by atoms with Gasteiger partial charge in [0.25, 0.3) is 11.8 Å². The normalized spacial score (nSPS) is 13.9. The Kier molecular flexibility index (Phi) is 4.55. The number of hydrogen-bond acceptors (Lipinski definition) is 5. The maximum absolute atomic E-state index is 12.5. The number of carbonyl (C=O) groups excluding carboxylic acids is 3. The second-order valence-corrected chi connectivity index (χ2v) is 4.91. The van der Waals surface area contributed by atoms with Gasteiger partial charge in [0.15, 0.2) is 0 Å². The third kappa shape index (κ3) is 2.98. The quantitative estimate of drug-likeness (QED) is 0.615. The summed E-state index contributed by atoms with van der Waals surface area (Å²) in [5.41, 5.74) is 0.790. The summed E-state index contributed by atoms with van der Waals surface area (Å²) >= 11 is 0. The minimum absolute atomic E-state index is 0.161. The number of amides is 2. The fraction of sp³-hybridized carbons (Fsp3) is 0.333. The zero-order chi connectivity index (χ0) is 16.3. The van der Waals surface area contributed by atoms with E-state index in [1.165, 1.54) is 35.5 Å². The molecule has 1 aliphatic rings. The van der Waals surface area contributed by atoms with Crippen molar-refractivity contribution in [2.45, 2.75) is 13.3 Å². The van der Waals surface area contributed by atoms with Crippen LogP contribution >= 0.6 is 0 Å². The van der Waals surface area contributed by atoms with Gasteiger partial charge in [0.05, 0.1) is 12.7 Å². The van der Waals surface area contributed by atoms with Crippen LogP contribution in [0.1, 0.15) is 34.2 Å². The van der Waals surface area contributed by atoms with Gasteiger partial charge in [0.2, 0.25) is 0 Å². The largest absolute Gasteiger partial charge is 0.465 e. The second-order valence-electron chi connectivity index (χ2n) is 4.91. The van der Waals surface area contributed by atoms with Crippen molar-refractivity contribution in [2.75, 3.05) is 20.2 Å². The molecule has 7 heteroatoms. The van der Waals surface area contributed by atoms with Gasteiger partial charge in [-0.05, 0) is 25.5 Å². The lowest BCUT2D eigenvalue weighted by Gasteiger charge is -2.27. The van der Waals surface area contributed by atoms with Crippen LogP contribution in [-0.4, -0.2) is 53.0 Å². The van der Waals surface area contributed by atoms with E-state index in [9.17, 15) is 14.4 Å². The zero-order valence-corrected chi connectivity index (χ0v) is 12.5. The van der Waals surface area contributed by atoms with E-state index in [1.807, 2.05) is 0 Å². The maximum atomic E-state index is 12.5. The van der Waals surface area contributed by atoms with Crippen LogP contribution in [0.25, 0.3) is 0 Å². The van der Waals surface area contributed by atoms with Crippen molar-refractivity contribution in [1.29, 1.82) is 0 Å². The van der Waals surface area contributed by atoms with Crippen molar-refractivity contribution < 1.29 is 19.1 Å². The molecule has 0 aromatic carbocycles. The van der Waals surface area contributed by atoms with E-state index in [-0.39, 0.29) is 23.1 Å². The summed E-state index contributed by atoms with van der Waals surface area (Å²) in [4.78, 5) is 39.8. The SMILES string of the molecule is C=C(C)C(=O)N1CCCN1C(=O)c1ccc(C(=O)OC)cn1. The van der Waals surface area contributed by atoms with E-state index in [4.69, 9.17) is 0 Å². The van der Waals surface area contributed by atoms with E-state index in [1.54, 1.807) is 6.92 Å². The Morgan fingerprint density at radius 3 is 2.45 bits per heavy atom. The molecule has 0 spiro atoms. The Bertz CT molecular complexity index is 624. The average molecular weight is 303 g/mol. The molecule has 1 fully saturated rings. The molecule has 1 aromatic heterocycles. The maximum Gasteiger partial charge on any atom is 0.339 e. The molecule has 2 amide bonds. The highest BCUT2D eigenvalue weighted by Crippen LogP contribution is 2.16. The fourth-order valence-electron chi connectivity index (χ4n) is 2.15. The first-order chi connectivity index (χ1) is 10.5. The lowest BCUT2D eigenvalue weighted by molar-refractivity contribution is -0.136. The van der Waals surface area contributed by atoms with Crippen molar-refractivity contribution in [2.24, 2.45) is 0 Å². The van der Waals surface area contributed by atoms with E-state index in [2.05, 4.69) is 16.3 Å². The van der Waals surface area contributed by atoms with Gasteiger partial charge in [0.1, 0.15) is 5.69 Å². The summed E-state index contributed by atoms with van der Waals surface area (Å²) in [6, 6.07) is 2.91. The predicted octanol–water partition coefficient (Wildman–Crippen LogP) is 1.03. The molecule has 0 bridgehead atoms. The van der Waals surface area contributed by atoms with E-state index < -0.39 is 5.97 Å². The molecule has 1 aromatic rings. The number of ether oxygens (including phenoxy) is 1. The molecule has 7 nitrogen and oxygen atoms in total. The Labute approximate surface area is 128 Å². The van der Waals surface area contributed by atoms with Gasteiger partial charge in [-0.2, -0.15) is 0 Å². The predicted molar refractivity (Wildman–Crippen MR) is 77.8 cm³/mol. The standard InChI is InChI=1S/C15H17N3O4/c1-10(2)13(19)17-7-4-8-18(17)14(20)12-6-5-11(9-16-12)15(21)22-3/h5-6,9H,1,4,7-8H2,2-3H3. The van der Waals surface area contributed by atoms with Crippen LogP contribution in [-0.2, 0) is 9.53 Å². The van der Waals surface area contributed by atoms with Crippen molar-refractivity contribution in [3.8, 4) is 0 Å². The molecule has 0 aliphatic carbocycles. The molecule has 22 heavy (non-hydrogen) atoms. The van der Waals surface area contributed by atoms with Crippen LogP contribution in [0.3, 0.4) is 0 Å². The number of esters is 1. The minimum Gasteiger partial charge on any atom is -0.465 e. The molecular formula is C15H17N3O4. The topological polar surface area (TPSA) is 79.8 Å². The molecule has 0 N–H and O–H groups in total. The molecule has 1 saturated heterocycles. The molecule has 2 rings (SSSR count). The Morgan fingerprint density at radius 1 is 1.23 bits per heavy atom. The van der Waals surface area contributed by atoms with E-state index in [0.717, 1.165) is 0 Å². The average Bonchev–Trinajstić information content (AvgIpc) is 3.02. The summed E-state index contributed by atoms with van der Waals surface area (Å²) < 4.78 is 4.57. The van der Waals surface area contributed by atoms with E-state index in [0.29, 0.717) is 25.1 Å². The minimum atomic E-state index is -0.522. The molecular weight excluding hydrogens is 286 g/mol. The van der Waals surface area contributed by atoms with Gasteiger partial charge in [-0.3, -0.25) is 14.6 Å². The number of methoxy groups -OCH3 is 1. The van der Waals surface area contributed by atoms with E-state index >= 15 is 0 Å². The molecule has 0 radical (unpaired) electrons. The number of hydrogen-bond donors (Lipinski definition) is 0. The Balaban J connectivity index is 2.18. The fourth-order valence-corrected chi connectivity index (χ4v) is 2.15. The van der Waals surface area contributed by atoms with Crippen molar-refractivity contribution in [3.05, 3.63) is 41.7 Å². The summed E-state index contributed by atoms with van der Waals surface area (Å²) in [7, 11) is 1.27. The summed E-state index contributed by atoms with van der Waals surface area (Å²) in [5, 5.41) is 2.73. The molecule has 0 atom stereocenters. The number of pyridine rings is 1. The number of aromatic nitrogens is 1. The Hall–Kier alpha value is -2.70. The highest BCUT2D eigenvalue weighted by atomic mass is 16.5. The summed E-state index contributed by atoms with van der Waals surface area (Å²) in [6.45, 7) is 6.13. The van der Waals surface area contributed by atoms with Crippen molar-refractivity contribution >= 4 is 17.8 Å². The number of nitrogens with zero attached hydrogens (tertiary/aromatic N) is 3. The first-order valence-electron chi connectivity index (χ1n) is 6.79. The smallest absolute Gasteiger partial charge is 0.339 e. The van der Waals surface area contributed by atoms with Gasteiger partial charge in [-0.1, -0.05) is 6.58 Å². The monoisotopic (exact) mass is 303 g/mol.